The van der Waals surface area contributed by atoms with Crippen molar-refractivity contribution in [1.29, 1.82) is 0 Å². The van der Waals surface area contributed by atoms with Crippen molar-refractivity contribution in [2.24, 2.45) is 5.73 Å². The average molecular weight is 223 g/mol. The van der Waals surface area contributed by atoms with Crippen molar-refractivity contribution in [1.82, 2.24) is 5.32 Å². The van der Waals surface area contributed by atoms with Gasteiger partial charge in [0.15, 0.2) is 0 Å². The summed E-state index contributed by atoms with van der Waals surface area (Å²) in [6.07, 6.45) is 1.56. The van der Waals surface area contributed by atoms with Gasteiger partial charge in [-0.3, -0.25) is 0 Å². The number of amides is 2. The second kappa shape index (κ2) is 4.49. The first-order valence-corrected chi connectivity index (χ1v) is 5.23. The van der Waals surface area contributed by atoms with Crippen LogP contribution in [0.15, 0.2) is 24.3 Å². The van der Waals surface area contributed by atoms with Gasteiger partial charge in [0, 0.05) is 12.1 Å². The first kappa shape index (κ1) is 10.9. The predicted octanol–water partition coefficient (Wildman–Crippen LogP) is 1.44. The molecule has 1 saturated carbocycles. The van der Waals surface area contributed by atoms with E-state index in [1.54, 1.807) is 12.1 Å². The Morgan fingerprint density at radius 3 is 2.69 bits per heavy atom. The first-order chi connectivity index (χ1) is 7.65. The lowest BCUT2D eigenvalue weighted by Gasteiger charge is -2.32. The number of carbonyl (C=O) groups excluding carboxylic acids is 1. The second-order valence-corrected chi connectivity index (χ2v) is 4.01. The number of urea groups is 1. The average Bonchev–Trinajstić information content (AvgIpc) is 2.19. The minimum Gasteiger partial charge on any atom is -0.335 e. The van der Waals surface area contributed by atoms with Crippen LogP contribution < -0.4 is 16.4 Å². The lowest BCUT2D eigenvalue weighted by Crippen LogP contribution is -2.51. The molecule has 0 radical (unpaired) electrons. The summed E-state index contributed by atoms with van der Waals surface area (Å²) in [5.74, 6) is -0.442. The van der Waals surface area contributed by atoms with Crippen LogP contribution in [0.25, 0.3) is 0 Å². The molecule has 0 heterocycles. The van der Waals surface area contributed by atoms with E-state index in [2.05, 4.69) is 10.6 Å². The normalized spacial score (nSPS) is 23.4. The number of nitrogens with two attached hydrogens (primary N) is 1. The van der Waals surface area contributed by atoms with E-state index in [1.165, 1.54) is 12.1 Å². The van der Waals surface area contributed by atoms with Crippen molar-refractivity contribution in [3.05, 3.63) is 30.1 Å². The van der Waals surface area contributed by atoms with Gasteiger partial charge in [-0.05, 0) is 25.0 Å². The zero-order chi connectivity index (χ0) is 11.5. The van der Waals surface area contributed by atoms with Crippen LogP contribution in [0.4, 0.5) is 14.9 Å². The summed E-state index contributed by atoms with van der Waals surface area (Å²) >= 11 is 0. The van der Waals surface area contributed by atoms with Crippen LogP contribution in [0.2, 0.25) is 0 Å². The largest absolute Gasteiger partial charge is 0.335 e. The molecule has 0 bridgehead atoms. The van der Waals surface area contributed by atoms with Crippen LogP contribution in [0.1, 0.15) is 12.8 Å². The molecule has 0 unspecified atom stereocenters. The van der Waals surface area contributed by atoms with Gasteiger partial charge in [-0.2, -0.15) is 0 Å². The standard InChI is InChI=1S/C11H14FN3O/c12-9-3-1-2-4-10(9)15-11(16)14-8-5-7(13)6-8/h1-4,7-8H,5-6,13H2,(H2,14,15,16). The molecular weight excluding hydrogens is 209 g/mol. The van der Waals surface area contributed by atoms with E-state index in [9.17, 15) is 9.18 Å². The van der Waals surface area contributed by atoms with Gasteiger partial charge >= 0.3 is 6.03 Å². The summed E-state index contributed by atoms with van der Waals surface area (Å²) in [4.78, 5) is 11.4. The molecule has 0 saturated heterocycles. The Labute approximate surface area is 93.0 Å². The summed E-state index contributed by atoms with van der Waals surface area (Å²) in [7, 11) is 0. The third-order valence-electron chi connectivity index (χ3n) is 2.63. The molecule has 2 amide bonds. The summed E-state index contributed by atoms with van der Waals surface area (Å²) < 4.78 is 13.2. The fourth-order valence-corrected chi connectivity index (χ4v) is 1.69. The number of hydrogen-bond acceptors (Lipinski definition) is 2. The number of para-hydroxylation sites is 1. The van der Waals surface area contributed by atoms with Crippen molar-refractivity contribution >= 4 is 11.7 Å². The number of nitrogens with one attached hydrogen (secondary N) is 2. The minimum absolute atomic E-state index is 0.113. The predicted molar refractivity (Wildman–Crippen MR) is 59.6 cm³/mol. The number of carbonyl (C=O) groups is 1. The molecule has 86 valence electrons. The smallest absolute Gasteiger partial charge is 0.319 e. The maximum Gasteiger partial charge on any atom is 0.319 e. The molecule has 0 aromatic heterocycles. The van der Waals surface area contributed by atoms with Gasteiger partial charge in [0.05, 0.1) is 5.69 Å². The van der Waals surface area contributed by atoms with Crippen molar-refractivity contribution in [3.63, 3.8) is 0 Å². The monoisotopic (exact) mass is 223 g/mol. The number of rotatable bonds is 2. The van der Waals surface area contributed by atoms with E-state index >= 15 is 0 Å². The fraction of sp³-hybridized carbons (Fsp3) is 0.364. The molecule has 1 aliphatic carbocycles. The van der Waals surface area contributed by atoms with Crippen molar-refractivity contribution < 1.29 is 9.18 Å². The minimum atomic E-state index is -0.442. The molecule has 1 aromatic carbocycles. The van der Waals surface area contributed by atoms with E-state index in [0.29, 0.717) is 0 Å². The zero-order valence-corrected chi connectivity index (χ0v) is 8.74. The SMILES string of the molecule is NC1CC(NC(=O)Nc2ccccc2F)C1. The number of halogens is 1. The molecule has 4 nitrogen and oxygen atoms in total. The van der Waals surface area contributed by atoms with Crippen LogP contribution >= 0.6 is 0 Å². The third-order valence-corrected chi connectivity index (χ3v) is 2.63. The molecule has 0 atom stereocenters. The van der Waals surface area contributed by atoms with Crippen LogP contribution in [-0.2, 0) is 0 Å². The summed E-state index contributed by atoms with van der Waals surface area (Å²) in [5.41, 5.74) is 5.77. The highest BCUT2D eigenvalue weighted by atomic mass is 19.1. The van der Waals surface area contributed by atoms with Gasteiger partial charge in [0.2, 0.25) is 0 Å². The van der Waals surface area contributed by atoms with Crippen molar-refractivity contribution in [2.75, 3.05) is 5.32 Å². The van der Waals surface area contributed by atoms with E-state index in [-0.39, 0.29) is 23.8 Å². The third kappa shape index (κ3) is 2.49. The number of anilines is 1. The quantitative estimate of drug-likeness (QED) is 0.710. The van der Waals surface area contributed by atoms with Gasteiger partial charge in [0.25, 0.3) is 0 Å². The zero-order valence-electron chi connectivity index (χ0n) is 8.74. The Morgan fingerprint density at radius 1 is 1.38 bits per heavy atom. The lowest BCUT2D eigenvalue weighted by atomic mass is 9.88. The van der Waals surface area contributed by atoms with Gasteiger partial charge in [-0.25, -0.2) is 9.18 Å². The maximum absolute atomic E-state index is 13.2. The summed E-state index contributed by atoms with van der Waals surface area (Å²) in [6.45, 7) is 0. The van der Waals surface area contributed by atoms with Gasteiger partial charge in [-0.15, -0.1) is 0 Å². The van der Waals surface area contributed by atoms with E-state index in [0.717, 1.165) is 12.8 Å². The molecule has 1 fully saturated rings. The van der Waals surface area contributed by atoms with Crippen LogP contribution in [0.5, 0.6) is 0 Å². The molecule has 5 heteroatoms. The highest BCUT2D eigenvalue weighted by molar-refractivity contribution is 5.89. The molecule has 16 heavy (non-hydrogen) atoms. The Morgan fingerprint density at radius 2 is 2.06 bits per heavy atom. The molecule has 0 aliphatic heterocycles. The van der Waals surface area contributed by atoms with Gasteiger partial charge in [-0.1, -0.05) is 12.1 Å². The van der Waals surface area contributed by atoms with Crippen LogP contribution in [0, 0.1) is 5.82 Å². The van der Waals surface area contributed by atoms with Crippen LogP contribution in [0.3, 0.4) is 0 Å². The second-order valence-electron chi connectivity index (χ2n) is 4.01. The number of benzene rings is 1. The molecular formula is C11H14FN3O. The van der Waals surface area contributed by atoms with E-state index < -0.39 is 5.82 Å². The molecule has 4 N–H and O–H groups in total. The van der Waals surface area contributed by atoms with E-state index in [4.69, 9.17) is 5.73 Å². The summed E-state index contributed by atoms with van der Waals surface area (Å²) in [6, 6.07) is 5.96. The fourth-order valence-electron chi connectivity index (χ4n) is 1.69. The van der Waals surface area contributed by atoms with Gasteiger partial charge < -0.3 is 16.4 Å². The lowest BCUT2D eigenvalue weighted by molar-refractivity contribution is 0.234. The van der Waals surface area contributed by atoms with Crippen molar-refractivity contribution in [3.8, 4) is 0 Å². The Bertz CT molecular complexity index is 391. The van der Waals surface area contributed by atoms with Crippen LogP contribution in [-0.4, -0.2) is 18.1 Å². The maximum atomic E-state index is 13.2. The van der Waals surface area contributed by atoms with Gasteiger partial charge in [0.1, 0.15) is 5.82 Å². The first-order valence-electron chi connectivity index (χ1n) is 5.23. The molecule has 2 rings (SSSR count). The Balaban J connectivity index is 1.85. The molecule has 1 aliphatic rings. The topological polar surface area (TPSA) is 67.1 Å². The molecule has 1 aromatic rings. The highest BCUT2D eigenvalue weighted by Gasteiger charge is 2.27. The highest BCUT2D eigenvalue weighted by Crippen LogP contribution is 2.18. The Hall–Kier alpha value is -1.62. The number of hydrogen-bond donors (Lipinski definition) is 3. The summed E-state index contributed by atoms with van der Waals surface area (Å²) in [5, 5.41) is 5.18. The Kier molecular flexibility index (Phi) is 3.05. The van der Waals surface area contributed by atoms with E-state index in [1.807, 2.05) is 0 Å². The van der Waals surface area contributed by atoms with Crippen molar-refractivity contribution in [2.45, 2.75) is 24.9 Å². The molecule has 0 spiro atoms.